The molecular formula is C40H47Cl2Si3Zr. The van der Waals surface area contributed by atoms with Crippen LogP contribution in [0, 0.1) is 0 Å². The van der Waals surface area contributed by atoms with Crippen LogP contribution in [0.4, 0.5) is 0 Å². The Kier molecular flexibility index (Phi) is 11.4. The molecule has 46 heavy (non-hydrogen) atoms. The summed E-state index contributed by atoms with van der Waals surface area (Å²) in [4.78, 5) is 0. The molecule has 0 N–H and O–H groups in total. The predicted molar refractivity (Wildman–Crippen MR) is 200 cm³/mol. The molecule has 0 saturated carbocycles. The van der Waals surface area contributed by atoms with Crippen molar-refractivity contribution >= 4 is 48.6 Å². The summed E-state index contributed by atoms with van der Waals surface area (Å²) in [5.74, 6) is 0. The van der Waals surface area contributed by atoms with Gasteiger partial charge in [0.25, 0.3) is 0 Å². The minimum absolute atomic E-state index is 0. The van der Waals surface area contributed by atoms with Gasteiger partial charge in [-0.25, -0.2) is 0 Å². The topological polar surface area (TPSA) is 0 Å². The molecule has 4 aromatic rings. The Morgan fingerprint density at radius 3 is 1.54 bits per heavy atom. The molecule has 2 aliphatic rings. The van der Waals surface area contributed by atoms with E-state index in [1.807, 2.05) is 5.19 Å². The molecule has 1 unspecified atom stereocenters. The largest absolute Gasteiger partial charge is 1.00 e. The van der Waals surface area contributed by atoms with E-state index in [0.29, 0.717) is 3.63 Å². The van der Waals surface area contributed by atoms with E-state index in [0.717, 1.165) is 6.42 Å². The van der Waals surface area contributed by atoms with Crippen molar-refractivity contribution in [2.75, 3.05) is 0 Å². The summed E-state index contributed by atoms with van der Waals surface area (Å²) in [5, 5.41) is 5.43. The zero-order valence-electron chi connectivity index (χ0n) is 28.9. The second-order valence-corrected chi connectivity index (χ2v) is 34.0. The van der Waals surface area contributed by atoms with Crippen molar-refractivity contribution in [2.24, 2.45) is 0 Å². The second kappa shape index (κ2) is 14.1. The van der Waals surface area contributed by atoms with Gasteiger partial charge in [0.2, 0.25) is 0 Å². The van der Waals surface area contributed by atoms with Crippen LogP contribution < -0.4 is 40.4 Å². The van der Waals surface area contributed by atoms with E-state index in [2.05, 4.69) is 162 Å². The molecule has 6 heteroatoms. The normalized spacial score (nSPS) is 15.2. The average molecular weight is 774 g/mol. The number of hydrogen-bond donors (Lipinski definition) is 0. The summed E-state index contributed by atoms with van der Waals surface area (Å²) in [6.45, 7) is 23.6. The van der Waals surface area contributed by atoms with Crippen LogP contribution in [-0.2, 0) is 22.8 Å². The SMILES string of the molecule is C[Si](C)(C)c1c(C2=CC=CC2)c2c(c([Si](C)(C)C)c1[Si](C)(C)C)-c1ccccc1[CH]2[Zr+2]=[C](c1ccccc1)c1ccccc1.[Cl-].[Cl-]. The summed E-state index contributed by atoms with van der Waals surface area (Å²) in [5.41, 5.74) is 12.6. The van der Waals surface area contributed by atoms with E-state index in [-0.39, 0.29) is 24.8 Å². The van der Waals surface area contributed by atoms with Crippen molar-refractivity contribution in [1.29, 1.82) is 0 Å². The van der Waals surface area contributed by atoms with E-state index < -0.39 is 47.0 Å². The smallest absolute Gasteiger partial charge is 1.00 e. The molecule has 0 heterocycles. The van der Waals surface area contributed by atoms with E-state index in [1.54, 1.807) is 47.0 Å². The van der Waals surface area contributed by atoms with Gasteiger partial charge in [0.15, 0.2) is 0 Å². The third-order valence-corrected chi connectivity index (χ3v) is 19.9. The maximum Gasteiger partial charge on any atom is -1.00 e. The summed E-state index contributed by atoms with van der Waals surface area (Å²) in [6, 6.07) is 32.2. The van der Waals surface area contributed by atoms with Crippen LogP contribution in [0.15, 0.2) is 103 Å². The van der Waals surface area contributed by atoms with Crippen molar-refractivity contribution < 1.29 is 47.6 Å². The summed E-state index contributed by atoms with van der Waals surface area (Å²) in [7, 11) is -5.22. The molecule has 2 aliphatic carbocycles. The fourth-order valence-corrected chi connectivity index (χ4v) is 22.1. The summed E-state index contributed by atoms with van der Waals surface area (Å²) < 4.78 is 2.10. The zero-order valence-corrected chi connectivity index (χ0v) is 35.8. The molecule has 0 amide bonds. The molecule has 0 aliphatic heterocycles. The van der Waals surface area contributed by atoms with Gasteiger partial charge in [-0.2, -0.15) is 0 Å². The number of halogens is 2. The van der Waals surface area contributed by atoms with Crippen molar-refractivity contribution in [3.63, 3.8) is 0 Å². The Morgan fingerprint density at radius 2 is 1.07 bits per heavy atom. The minimum Gasteiger partial charge on any atom is -1.00 e. The monoisotopic (exact) mass is 771 g/mol. The Morgan fingerprint density at radius 1 is 0.587 bits per heavy atom. The van der Waals surface area contributed by atoms with Crippen molar-refractivity contribution in [1.82, 2.24) is 0 Å². The van der Waals surface area contributed by atoms with Crippen LogP contribution in [-0.4, -0.2) is 27.4 Å². The standard InChI is InChI=1S/C27H37Si3.C13H10.2ClH.Zr/c1-28(2,3)25-23(19-14-10-11-15-19)22-18-20-16-12-13-17-21(20)24(22)26(29(4,5)6)27(25)30(7,8)9;1-3-7-12(8-4-1)11-13-9-5-2-6-10-13;;;/h10-14,16-18H,15H2,1-9H3;1-10H;2*1H;/q;;;;+2/p-2. The summed E-state index contributed by atoms with van der Waals surface area (Å²) >= 11 is -1.22. The number of fused-ring (bicyclic) bond motifs is 3. The first-order valence-electron chi connectivity index (χ1n) is 16.2. The van der Waals surface area contributed by atoms with E-state index in [1.165, 1.54) is 11.1 Å². The van der Waals surface area contributed by atoms with Gasteiger partial charge >= 0.3 is 282 Å². The van der Waals surface area contributed by atoms with Crippen molar-refractivity contribution in [2.45, 2.75) is 69.0 Å². The average Bonchev–Trinajstić information content (AvgIpc) is 3.61. The first-order valence-corrected chi connectivity index (χ1v) is 29.4. The van der Waals surface area contributed by atoms with Gasteiger partial charge in [0.1, 0.15) is 0 Å². The number of allylic oxidation sites excluding steroid dienone is 4. The maximum atomic E-state index is 2.63. The Bertz CT molecular complexity index is 1780. The Hall–Kier alpha value is -1.66. The fraction of sp³-hybridized carbons (Fsp3) is 0.275. The molecule has 1 atom stereocenters. The number of rotatable bonds is 7. The van der Waals surface area contributed by atoms with Gasteiger partial charge in [0, 0.05) is 0 Å². The quantitative estimate of drug-likeness (QED) is 0.254. The molecule has 4 aromatic carbocycles. The predicted octanol–water partition coefficient (Wildman–Crippen LogP) is 3.09. The molecular weight excluding hydrogens is 727 g/mol. The summed E-state index contributed by atoms with van der Waals surface area (Å²) in [6.07, 6.45) is 8.23. The molecule has 6 rings (SSSR count). The number of hydrogen-bond acceptors (Lipinski definition) is 0. The molecule has 0 nitrogen and oxygen atoms in total. The van der Waals surface area contributed by atoms with Gasteiger partial charge in [-0.3, -0.25) is 0 Å². The van der Waals surface area contributed by atoms with Crippen molar-refractivity contribution in [3.8, 4) is 11.1 Å². The molecule has 0 bridgehead atoms. The minimum atomic E-state index is -1.75. The van der Waals surface area contributed by atoms with Crippen LogP contribution in [0.2, 0.25) is 58.9 Å². The van der Waals surface area contributed by atoms with Gasteiger partial charge in [0.05, 0.1) is 0 Å². The van der Waals surface area contributed by atoms with Crippen LogP contribution in [0.25, 0.3) is 16.7 Å². The third kappa shape index (κ3) is 6.91. The molecule has 0 saturated heterocycles. The van der Waals surface area contributed by atoms with E-state index in [9.17, 15) is 0 Å². The van der Waals surface area contributed by atoms with E-state index >= 15 is 0 Å². The van der Waals surface area contributed by atoms with Crippen LogP contribution in [0.3, 0.4) is 0 Å². The van der Waals surface area contributed by atoms with Gasteiger partial charge < -0.3 is 24.8 Å². The Balaban J connectivity index is 0.00000240. The molecule has 0 aromatic heterocycles. The number of benzene rings is 4. The molecule has 237 valence electrons. The van der Waals surface area contributed by atoms with E-state index in [4.69, 9.17) is 0 Å². The maximum absolute atomic E-state index is 2.63. The van der Waals surface area contributed by atoms with Crippen LogP contribution in [0.1, 0.15) is 37.9 Å². The van der Waals surface area contributed by atoms with Gasteiger partial charge in [-0.05, 0) is 0 Å². The molecule has 0 spiro atoms. The van der Waals surface area contributed by atoms with Crippen LogP contribution >= 0.6 is 0 Å². The first kappa shape index (κ1) is 37.2. The van der Waals surface area contributed by atoms with Crippen molar-refractivity contribution in [3.05, 3.63) is 131 Å². The van der Waals surface area contributed by atoms with Crippen LogP contribution in [0.5, 0.6) is 0 Å². The third-order valence-electron chi connectivity index (χ3n) is 9.12. The second-order valence-electron chi connectivity index (χ2n) is 15.6. The molecule has 0 fully saturated rings. The van der Waals surface area contributed by atoms with Gasteiger partial charge in [-0.15, -0.1) is 0 Å². The Labute approximate surface area is 304 Å². The van der Waals surface area contributed by atoms with Gasteiger partial charge in [-0.1, -0.05) is 0 Å². The first-order chi connectivity index (χ1) is 20.8. The molecule has 0 radical (unpaired) electrons. The fourth-order valence-electron chi connectivity index (χ4n) is 7.52. The zero-order chi connectivity index (χ0) is 31.4.